The molecule has 0 bridgehead atoms. The molecule has 0 aliphatic heterocycles. The Hall–Kier alpha value is 0.693. The van der Waals surface area contributed by atoms with E-state index in [0.717, 1.165) is 0 Å². The van der Waals surface area contributed by atoms with Crippen molar-refractivity contribution in [2.75, 3.05) is 0 Å². The average molecular weight is 539 g/mol. The Labute approximate surface area is 162 Å². The van der Waals surface area contributed by atoms with Gasteiger partial charge in [-0.1, -0.05) is 26.2 Å². The van der Waals surface area contributed by atoms with E-state index in [0.29, 0.717) is 20.8 Å². The van der Waals surface area contributed by atoms with Crippen LogP contribution in [0.2, 0.25) is 11.5 Å². The molecule has 0 aliphatic rings. The summed E-state index contributed by atoms with van der Waals surface area (Å²) < 4.78 is 0. The van der Waals surface area contributed by atoms with Gasteiger partial charge in [-0.2, -0.15) is 35.9 Å². The van der Waals surface area contributed by atoms with Crippen LogP contribution >= 0.6 is 0 Å². The molecule has 4 heteroatoms. The standard InChI is InChI=1S/C9H13.C5H5.C2H7Ge.2ClH.Hf/c1-9(2,3)8-6-4-5-7-8;1-2-4-5-3-1;1-3-2;;;/h4-7H,1-3H3;1-5H;3H,1-2H3;2*1H;/q2*-1;;;;+4/p-2. The van der Waals surface area contributed by atoms with Crippen LogP contribution in [0.15, 0.2) is 54.6 Å². The zero-order valence-corrected chi connectivity index (χ0v) is 20.6. The Balaban J connectivity index is -0.000000102. The summed E-state index contributed by atoms with van der Waals surface area (Å²) in [5, 5.41) is 0. The van der Waals surface area contributed by atoms with Crippen LogP contribution in [0, 0.1) is 0 Å². The van der Waals surface area contributed by atoms with E-state index in [1.54, 1.807) is 0 Å². The van der Waals surface area contributed by atoms with E-state index >= 15 is 0 Å². The van der Waals surface area contributed by atoms with Gasteiger partial charge in [0.15, 0.2) is 0 Å². The van der Waals surface area contributed by atoms with Gasteiger partial charge >= 0.3 is 52.8 Å². The Morgan fingerprint density at radius 2 is 1.20 bits per heavy atom. The fraction of sp³-hybridized carbons (Fsp3) is 0.375. The molecular formula is C16H25Cl2GeHf. The molecule has 2 aromatic carbocycles. The molecule has 0 unspecified atom stereocenters. The van der Waals surface area contributed by atoms with Gasteiger partial charge in [0.25, 0.3) is 0 Å². The second-order valence-electron chi connectivity index (χ2n) is 4.96. The Morgan fingerprint density at radius 1 is 0.850 bits per heavy atom. The molecule has 0 saturated heterocycles. The molecule has 0 heterocycles. The molecule has 2 rings (SSSR count). The van der Waals surface area contributed by atoms with Crippen LogP contribution in [-0.2, 0) is 31.3 Å². The first-order valence-electron chi connectivity index (χ1n) is 6.15. The SMILES string of the molecule is CC(C)(C)[c-]1cccc1.[CH3][GeH][CH3].[Cl-].[Cl-].[Hf+4].c1cc[cH-]c1. The monoisotopic (exact) mass is 541 g/mol. The minimum atomic E-state index is 0. The van der Waals surface area contributed by atoms with Crippen LogP contribution in [0.25, 0.3) is 0 Å². The zero-order chi connectivity index (χ0) is 13.1. The van der Waals surface area contributed by atoms with Gasteiger partial charge in [0.05, 0.1) is 0 Å². The van der Waals surface area contributed by atoms with Crippen molar-refractivity contribution in [2.24, 2.45) is 0 Å². The average Bonchev–Trinajstić information content (AvgIpc) is 2.95. The van der Waals surface area contributed by atoms with E-state index in [9.17, 15) is 0 Å². The zero-order valence-electron chi connectivity index (χ0n) is 13.0. The van der Waals surface area contributed by atoms with Crippen molar-refractivity contribution in [1.82, 2.24) is 0 Å². The van der Waals surface area contributed by atoms with Crippen molar-refractivity contribution in [3.63, 3.8) is 0 Å². The minimum Gasteiger partial charge on any atom is -1.00 e. The number of halogens is 2. The molecule has 0 aliphatic carbocycles. The quantitative estimate of drug-likeness (QED) is 0.287. The first kappa shape index (κ1) is 28.8. The largest absolute Gasteiger partial charge is 4.00 e. The van der Waals surface area contributed by atoms with Crippen LogP contribution in [-0.4, -0.2) is 15.4 Å². The molecule has 0 fully saturated rings. The van der Waals surface area contributed by atoms with Crippen LogP contribution in [0.3, 0.4) is 0 Å². The van der Waals surface area contributed by atoms with E-state index in [2.05, 4.69) is 56.5 Å². The molecule has 0 aromatic heterocycles. The second-order valence-corrected chi connectivity index (χ2v) is 7.39. The van der Waals surface area contributed by atoms with Crippen LogP contribution in [0.5, 0.6) is 0 Å². The summed E-state index contributed by atoms with van der Waals surface area (Å²) in [4.78, 5) is 0. The van der Waals surface area contributed by atoms with Crippen molar-refractivity contribution >= 4 is 15.4 Å². The number of hydrogen-bond donors (Lipinski definition) is 0. The number of rotatable bonds is 0. The van der Waals surface area contributed by atoms with Crippen molar-refractivity contribution in [3.8, 4) is 0 Å². The second kappa shape index (κ2) is 17.7. The van der Waals surface area contributed by atoms with Crippen LogP contribution < -0.4 is 24.8 Å². The topological polar surface area (TPSA) is 0 Å². The van der Waals surface area contributed by atoms with Crippen molar-refractivity contribution < 1.29 is 50.7 Å². The third kappa shape index (κ3) is 16.7. The summed E-state index contributed by atoms with van der Waals surface area (Å²) in [6.45, 7) is 6.67. The maximum Gasteiger partial charge on any atom is 4.00 e. The third-order valence-corrected chi connectivity index (χ3v) is 2.08. The van der Waals surface area contributed by atoms with E-state index in [1.807, 2.05) is 30.3 Å². The van der Waals surface area contributed by atoms with Gasteiger partial charge in [0.2, 0.25) is 0 Å². The summed E-state index contributed by atoms with van der Waals surface area (Å²) >= 11 is 0.312. The van der Waals surface area contributed by atoms with Gasteiger partial charge in [0, 0.05) is 0 Å². The smallest absolute Gasteiger partial charge is 1.00 e. The van der Waals surface area contributed by atoms with Gasteiger partial charge in [-0.15, -0.1) is 0 Å². The molecule has 1 radical (unpaired) electrons. The molecule has 111 valence electrons. The van der Waals surface area contributed by atoms with E-state index < -0.39 is 0 Å². The summed E-state index contributed by atoms with van der Waals surface area (Å²) in [5.74, 6) is 4.56. The van der Waals surface area contributed by atoms with E-state index in [-0.39, 0.29) is 50.7 Å². The van der Waals surface area contributed by atoms with E-state index in [1.165, 1.54) is 5.56 Å². The molecule has 0 nitrogen and oxygen atoms in total. The summed E-state index contributed by atoms with van der Waals surface area (Å²) in [6, 6.07) is 18.5. The maximum atomic E-state index is 2.28. The van der Waals surface area contributed by atoms with Crippen LogP contribution in [0.1, 0.15) is 26.3 Å². The van der Waals surface area contributed by atoms with Crippen molar-refractivity contribution in [1.29, 1.82) is 0 Å². The number of hydrogen-bond acceptors (Lipinski definition) is 0. The molecule has 0 saturated carbocycles. The van der Waals surface area contributed by atoms with E-state index in [4.69, 9.17) is 0 Å². The molecule has 0 spiro atoms. The third-order valence-electron chi connectivity index (χ3n) is 2.08. The normalized spacial score (nSPS) is 8.25. The minimum absolute atomic E-state index is 0. The van der Waals surface area contributed by atoms with Gasteiger partial charge in [0.1, 0.15) is 0 Å². The maximum absolute atomic E-state index is 2.28. The predicted molar refractivity (Wildman–Crippen MR) is 81.6 cm³/mol. The molecule has 0 amide bonds. The molecule has 20 heavy (non-hydrogen) atoms. The van der Waals surface area contributed by atoms with Crippen molar-refractivity contribution in [3.05, 3.63) is 60.2 Å². The van der Waals surface area contributed by atoms with Crippen LogP contribution in [0.4, 0.5) is 0 Å². The Bertz CT molecular complexity index is 320. The molecule has 0 N–H and O–H groups in total. The summed E-state index contributed by atoms with van der Waals surface area (Å²) in [5.41, 5.74) is 1.74. The van der Waals surface area contributed by atoms with Crippen molar-refractivity contribution in [2.45, 2.75) is 37.7 Å². The van der Waals surface area contributed by atoms with Gasteiger partial charge in [-0.25, -0.2) is 24.3 Å². The first-order valence-corrected chi connectivity index (χ1v) is 11.0. The first-order chi connectivity index (χ1) is 8.02. The Kier molecular flexibility index (Phi) is 25.6. The predicted octanol–water partition coefficient (Wildman–Crippen LogP) is -1.37. The summed E-state index contributed by atoms with van der Waals surface area (Å²) in [6.07, 6.45) is 0. The summed E-state index contributed by atoms with van der Waals surface area (Å²) in [7, 11) is 0. The molecule has 0 atom stereocenters. The fourth-order valence-electron chi connectivity index (χ4n) is 1.19. The van der Waals surface area contributed by atoms with Gasteiger partial charge in [-0.3, -0.25) is 0 Å². The molecular weight excluding hydrogens is 514 g/mol. The van der Waals surface area contributed by atoms with Gasteiger partial charge < -0.3 is 24.8 Å². The fourth-order valence-corrected chi connectivity index (χ4v) is 1.19. The molecule has 2 aromatic rings. The Morgan fingerprint density at radius 3 is 1.35 bits per heavy atom. The van der Waals surface area contributed by atoms with Gasteiger partial charge in [-0.05, 0) is 0 Å².